The normalized spacial score (nSPS) is 14.1. The second-order valence-corrected chi connectivity index (χ2v) is 5.75. The van der Waals surface area contributed by atoms with Crippen LogP contribution in [0.15, 0.2) is 42.5 Å². The molecule has 2 aromatic carbocycles. The van der Waals surface area contributed by atoms with Crippen LogP contribution in [0.25, 0.3) is 0 Å². The number of nitrogens with zero attached hydrogens (tertiary/aromatic N) is 1. The smallest absolute Gasteiger partial charge is 0.404 e. The van der Waals surface area contributed by atoms with Crippen molar-refractivity contribution in [3.05, 3.63) is 65.2 Å². The van der Waals surface area contributed by atoms with Crippen LogP contribution in [-0.2, 0) is 0 Å². The average molecular weight is 376 g/mol. The largest absolute Gasteiger partial charge is 0.491 e. The van der Waals surface area contributed by atoms with E-state index in [4.69, 9.17) is 9.84 Å². The number of carbonyl (C=O) groups is 3. The molecule has 0 fully saturated rings. The molecule has 2 N–H and O–H groups in total. The van der Waals surface area contributed by atoms with Crippen LogP contribution in [0, 0.1) is 11.6 Å². The first-order valence-corrected chi connectivity index (χ1v) is 7.90. The Balaban J connectivity index is 1.81. The Hall–Kier alpha value is -3.49. The molecule has 3 rings (SSSR count). The minimum atomic E-state index is -1.34. The molecule has 27 heavy (non-hydrogen) atoms. The highest BCUT2D eigenvalue weighted by Gasteiger charge is 2.40. The van der Waals surface area contributed by atoms with E-state index in [-0.39, 0.29) is 30.0 Å². The van der Waals surface area contributed by atoms with Gasteiger partial charge in [-0.05, 0) is 24.3 Å². The average Bonchev–Trinajstić information content (AvgIpc) is 2.89. The number of ether oxygens (including phenoxy) is 1. The van der Waals surface area contributed by atoms with Crippen LogP contribution in [0.3, 0.4) is 0 Å². The van der Waals surface area contributed by atoms with Crippen LogP contribution in [0.1, 0.15) is 20.7 Å². The molecule has 0 aliphatic carbocycles. The van der Waals surface area contributed by atoms with Crippen molar-refractivity contribution in [2.45, 2.75) is 6.04 Å². The Morgan fingerprint density at radius 3 is 2.26 bits per heavy atom. The Kier molecular flexibility index (Phi) is 5.02. The van der Waals surface area contributed by atoms with Gasteiger partial charge < -0.3 is 15.2 Å². The van der Waals surface area contributed by atoms with E-state index in [0.717, 1.165) is 17.0 Å². The van der Waals surface area contributed by atoms with Crippen LogP contribution >= 0.6 is 0 Å². The van der Waals surface area contributed by atoms with Crippen LogP contribution < -0.4 is 10.1 Å². The second-order valence-electron chi connectivity index (χ2n) is 5.75. The summed E-state index contributed by atoms with van der Waals surface area (Å²) in [6.07, 6.45) is -1.34. The summed E-state index contributed by atoms with van der Waals surface area (Å²) in [5.74, 6) is -3.35. The number of hydrogen-bond donors (Lipinski definition) is 2. The maximum atomic E-state index is 13.3. The summed E-state index contributed by atoms with van der Waals surface area (Å²) in [7, 11) is 0. The number of halogens is 2. The Labute approximate surface area is 152 Å². The zero-order valence-electron chi connectivity index (χ0n) is 13.8. The van der Waals surface area contributed by atoms with Crippen molar-refractivity contribution in [1.82, 2.24) is 10.2 Å². The molecule has 0 bridgehead atoms. The monoisotopic (exact) mass is 376 g/mol. The van der Waals surface area contributed by atoms with E-state index in [2.05, 4.69) is 5.32 Å². The fourth-order valence-electron chi connectivity index (χ4n) is 2.73. The van der Waals surface area contributed by atoms with E-state index in [0.29, 0.717) is 0 Å². The lowest BCUT2D eigenvalue weighted by Gasteiger charge is -2.26. The summed E-state index contributed by atoms with van der Waals surface area (Å²) in [4.78, 5) is 36.9. The van der Waals surface area contributed by atoms with Crippen molar-refractivity contribution < 1.29 is 33.0 Å². The molecule has 0 aromatic heterocycles. The summed E-state index contributed by atoms with van der Waals surface area (Å²) >= 11 is 0. The van der Waals surface area contributed by atoms with Crippen molar-refractivity contribution in [3.63, 3.8) is 0 Å². The van der Waals surface area contributed by atoms with Gasteiger partial charge in [0.15, 0.2) is 11.6 Å². The van der Waals surface area contributed by atoms with Gasteiger partial charge in [0.05, 0.1) is 17.2 Å². The maximum absolute atomic E-state index is 13.3. The number of nitrogens with one attached hydrogen (secondary N) is 1. The molecule has 1 aliphatic heterocycles. The zero-order chi connectivity index (χ0) is 19.6. The fourth-order valence-corrected chi connectivity index (χ4v) is 2.73. The third-order valence-corrected chi connectivity index (χ3v) is 4.01. The number of amides is 3. The third-order valence-electron chi connectivity index (χ3n) is 4.01. The van der Waals surface area contributed by atoms with Gasteiger partial charge in [0, 0.05) is 12.6 Å². The molecule has 1 unspecified atom stereocenters. The van der Waals surface area contributed by atoms with Gasteiger partial charge in [-0.1, -0.05) is 12.1 Å². The number of carboxylic acid groups (broad SMARTS) is 1. The summed E-state index contributed by atoms with van der Waals surface area (Å²) in [5, 5.41) is 10.9. The first-order chi connectivity index (χ1) is 12.9. The highest BCUT2D eigenvalue weighted by Crippen LogP contribution is 2.25. The molecular weight excluding hydrogens is 362 g/mol. The van der Waals surface area contributed by atoms with E-state index in [9.17, 15) is 23.2 Å². The number of rotatable bonds is 6. The van der Waals surface area contributed by atoms with E-state index in [1.807, 2.05) is 0 Å². The van der Waals surface area contributed by atoms with Gasteiger partial charge in [-0.3, -0.25) is 14.5 Å². The second kappa shape index (κ2) is 7.40. The molecule has 140 valence electrons. The number of benzene rings is 2. The van der Waals surface area contributed by atoms with Crippen molar-refractivity contribution in [2.24, 2.45) is 0 Å². The highest BCUT2D eigenvalue weighted by molar-refractivity contribution is 6.21. The van der Waals surface area contributed by atoms with Crippen LogP contribution in [-0.4, -0.2) is 47.1 Å². The summed E-state index contributed by atoms with van der Waals surface area (Å²) in [6.45, 7) is -0.596. The van der Waals surface area contributed by atoms with Crippen molar-refractivity contribution in [1.29, 1.82) is 0 Å². The molecular formula is C18H14F2N2O5. The molecule has 7 nitrogen and oxygen atoms in total. The minimum Gasteiger partial charge on any atom is -0.491 e. The van der Waals surface area contributed by atoms with Gasteiger partial charge in [0.25, 0.3) is 11.8 Å². The van der Waals surface area contributed by atoms with Crippen molar-refractivity contribution >= 4 is 17.9 Å². The SMILES string of the molecule is O=C(O)NCC(COc1ccc(F)c(F)c1)N1C(=O)c2ccccc2C1=O. The lowest BCUT2D eigenvalue weighted by Crippen LogP contribution is -2.49. The lowest BCUT2D eigenvalue weighted by molar-refractivity contribution is 0.0529. The van der Waals surface area contributed by atoms with Crippen LogP contribution in [0.2, 0.25) is 0 Å². The first kappa shape index (κ1) is 18.3. The molecule has 1 aliphatic rings. The molecule has 0 saturated heterocycles. The van der Waals surface area contributed by atoms with Gasteiger partial charge in [0.2, 0.25) is 0 Å². The van der Waals surface area contributed by atoms with E-state index >= 15 is 0 Å². The van der Waals surface area contributed by atoms with Crippen molar-refractivity contribution in [3.8, 4) is 5.75 Å². The van der Waals surface area contributed by atoms with Crippen LogP contribution in [0.4, 0.5) is 13.6 Å². The van der Waals surface area contributed by atoms with Gasteiger partial charge in [-0.15, -0.1) is 0 Å². The van der Waals surface area contributed by atoms with Gasteiger partial charge in [0.1, 0.15) is 12.4 Å². The van der Waals surface area contributed by atoms with E-state index in [1.54, 1.807) is 12.1 Å². The number of carbonyl (C=O) groups excluding carboxylic acids is 2. The van der Waals surface area contributed by atoms with Crippen LogP contribution in [0.5, 0.6) is 5.75 Å². The Morgan fingerprint density at radius 2 is 1.70 bits per heavy atom. The maximum Gasteiger partial charge on any atom is 0.404 e. The van der Waals surface area contributed by atoms with Gasteiger partial charge in [-0.25, -0.2) is 13.6 Å². The molecule has 0 spiro atoms. The molecule has 1 heterocycles. The minimum absolute atomic E-state index is 0.0224. The topological polar surface area (TPSA) is 95.9 Å². The van der Waals surface area contributed by atoms with Crippen molar-refractivity contribution in [2.75, 3.05) is 13.2 Å². The third kappa shape index (κ3) is 3.71. The highest BCUT2D eigenvalue weighted by atomic mass is 19.2. The number of hydrogen-bond acceptors (Lipinski definition) is 4. The number of fused-ring (bicyclic) bond motifs is 1. The number of imide groups is 1. The Bertz CT molecular complexity index is 883. The standard InChI is InChI=1S/C18H14F2N2O5/c19-14-6-5-11(7-15(14)20)27-9-10(8-21-18(25)26)22-16(23)12-3-1-2-4-13(12)17(22)24/h1-7,10,21H,8-9H2,(H,25,26). The molecule has 3 amide bonds. The quantitative estimate of drug-likeness (QED) is 0.754. The summed E-state index contributed by atoms with van der Waals surface area (Å²) in [6, 6.07) is 8.09. The molecule has 2 aromatic rings. The fraction of sp³-hybridized carbons (Fsp3) is 0.167. The van der Waals surface area contributed by atoms with E-state index in [1.165, 1.54) is 18.2 Å². The molecule has 0 radical (unpaired) electrons. The zero-order valence-corrected chi connectivity index (χ0v) is 13.8. The summed E-state index contributed by atoms with van der Waals surface area (Å²) < 4.78 is 31.7. The van der Waals surface area contributed by atoms with Gasteiger partial charge >= 0.3 is 6.09 Å². The lowest BCUT2D eigenvalue weighted by atomic mass is 10.1. The predicted octanol–water partition coefficient (Wildman–Crippen LogP) is 2.28. The van der Waals surface area contributed by atoms with Gasteiger partial charge in [-0.2, -0.15) is 0 Å². The summed E-state index contributed by atoms with van der Waals surface area (Å²) in [5.41, 5.74) is 0.409. The Morgan fingerprint density at radius 1 is 1.07 bits per heavy atom. The van der Waals surface area contributed by atoms with E-state index < -0.39 is 35.6 Å². The molecule has 0 saturated carbocycles. The molecule has 1 atom stereocenters. The predicted molar refractivity (Wildman–Crippen MR) is 88.6 cm³/mol. The molecule has 9 heteroatoms. The first-order valence-electron chi connectivity index (χ1n) is 7.90.